The van der Waals surface area contributed by atoms with Crippen molar-refractivity contribution in [3.63, 3.8) is 0 Å². The molecule has 0 atom stereocenters. The molecule has 0 saturated carbocycles. The maximum atomic E-state index is 8.60. The summed E-state index contributed by atoms with van der Waals surface area (Å²) >= 11 is 11.0. The zero-order valence-electron chi connectivity index (χ0n) is 16.6. The highest BCUT2D eigenvalue weighted by Gasteiger charge is 2.02. The third-order valence-corrected chi connectivity index (χ3v) is 3.32. The van der Waals surface area contributed by atoms with E-state index in [2.05, 4.69) is 33.8 Å². The predicted molar refractivity (Wildman–Crippen MR) is 111 cm³/mol. The van der Waals surface area contributed by atoms with Crippen molar-refractivity contribution >= 4 is 23.2 Å². The van der Waals surface area contributed by atoms with Crippen LogP contribution in [0.1, 0.15) is 56.6 Å². The van der Waals surface area contributed by atoms with Crippen LogP contribution in [0.4, 0.5) is 0 Å². The summed E-state index contributed by atoms with van der Waals surface area (Å²) in [4.78, 5) is 14.6. The van der Waals surface area contributed by atoms with Gasteiger partial charge in [0.15, 0.2) is 0 Å². The normalized spacial score (nSPS) is 8.87. The topological polar surface area (TPSA) is 152 Å². The lowest BCUT2D eigenvalue weighted by molar-refractivity contribution is 0.287. The number of halogens is 2. The Bertz CT molecular complexity index is 871. The number of hydrogen-bond acceptors (Lipinski definition) is 9. The zero-order chi connectivity index (χ0) is 22.8. The molecule has 0 aromatic carbocycles. The quantitative estimate of drug-likeness (QED) is 0.511. The van der Waals surface area contributed by atoms with Crippen molar-refractivity contribution in [3.05, 3.63) is 39.8 Å². The summed E-state index contributed by atoms with van der Waals surface area (Å²) in [6.07, 6.45) is 4.03. The first-order chi connectivity index (χ1) is 14.4. The van der Waals surface area contributed by atoms with Crippen LogP contribution < -0.4 is 4.74 Å². The molecule has 9 nitrogen and oxygen atoms in total. The van der Waals surface area contributed by atoms with Gasteiger partial charge in [-0.25, -0.2) is 15.0 Å². The summed E-state index contributed by atoms with van der Waals surface area (Å²) in [5.41, 5.74) is 0.416. The molecule has 0 aliphatic rings. The van der Waals surface area contributed by atoms with Gasteiger partial charge in [-0.3, -0.25) is 0 Å². The van der Waals surface area contributed by atoms with E-state index >= 15 is 0 Å². The van der Waals surface area contributed by atoms with Crippen molar-refractivity contribution in [2.75, 3.05) is 13.2 Å². The predicted octanol–water partition coefficient (Wildman–Crippen LogP) is 3.83. The summed E-state index contributed by atoms with van der Waals surface area (Å²) in [7, 11) is 0. The molecule has 158 valence electrons. The lowest BCUT2D eigenvalue weighted by atomic mass is 10.3. The van der Waals surface area contributed by atoms with E-state index < -0.39 is 0 Å². The molecular weight excluding hydrogens is 429 g/mol. The Hall–Kier alpha value is -3.03. The minimum Gasteiger partial charge on any atom is -0.478 e. The molecule has 1 N–H and O–H groups in total. The van der Waals surface area contributed by atoms with Gasteiger partial charge >= 0.3 is 0 Å². The zero-order valence-corrected chi connectivity index (χ0v) is 18.2. The van der Waals surface area contributed by atoms with Crippen LogP contribution in [0.25, 0.3) is 0 Å². The van der Waals surface area contributed by atoms with Gasteiger partial charge in [0, 0.05) is 18.7 Å². The molecule has 0 amide bonds. The van der Waals surface area contributed by atoms with Gasteiger partial charge < -0.3 is 9.84 Å². The van der Waals surface area contributed by atoms with Crippen molar-refractivity contribution < 1.29 is 9.84 Å². The van der Waals surface area contributed by atoms with E-state index in [1.165, 1.54) is 12.1 Å². The lowest BCUT2D eigenvalue weighted by Gasteiger charge is -2.03. The summed E-state index contributed by atoms with van der Waals surface area (Å²) in [6.45, 7) is 5.04. The molecule has 0 radical (unpaired) electrons. The van der Waals surface area contributed by atoms with Gasteiger partial charge in [0.1, 0.15) is 35.3 Å². The van der Waals surface area contributed by atoms with E-state index in [-0.39, 0.29) is 27.6 Å². The second-order valence-electron chi connectivity index (χ2n) is 5.38. The SMILES string of the molecule is CCCCO.CCCCOc1cc(C#N)nc(Cl)n1.N#Cc1cc(C#N)nc(Cl)n1. The average molecular weight is 450 g/mol. The number of hydrogen-bond donors (Lipinski definition) is 1. The summed E-state index contributed by atoms with van der Waals surface area (Å²) in [5, 5.41) is 33.4. The van der Waals surface area contributed by atoms with E-state index in [4.69, 9.17) is 48.8 Å². The van der Waals surface area contributed by atoms with Gasteiger partial charge in [-0.15, -0.1) is 0 Å². The first-order valence-electron chi connectivity index (χ1n) is 8.97. The van der Waals surface area contributed by atoms with E-state index in [0.717, 1.165) is 25.7 Å². The van der Waals surface area contributed by atoms with Gasteiger partial charge in [0.05, 0.1) is 6.61 Å². The maximum absolute atomic E-state index is 8.60. The molecular formula is C19H21Cl2N7O2. The minimum atomic E-state index is -0.0828. The molecule has 2 heterocycles. The van der Waals surface area contributed by atoms with Crippen molar-refractivity contribution in [2.24, 2.45) is 0 Å². The molecule has 0 spiro atoms. The highest BCUT2D eigenvalue weighted by molar-refractivity contribution is 6.28. The van der Waals surface area contributed by atoms with Crippen LogP contribution in [0.15, 0.2) is 12.1 Å². The summed E-state index contributed by atoms with van der Waals surface area (Å²) < 4.78 is 5.28. The molecule has 0 aliphatic heterocycles. The van der Waals surface area contributed by atoms with Crippen LogP contribution in [0, 0.1) is 34.0 Å². The fourth-order valence-corrected chi connectivity index (χ4v) is 1.90. The number of unbranched alkanes of at least 4 members (excludes halogenated alkanes) is 2. The maximum Gasteiger partial charge on any atom is 0.226 e. The van der Waals surface area contributed by atoms with Gasteiger partial charge in [0.25, 0.3) is 0 Å². The molecule has 0 bridgehead atoms. The largest absolute Gasteiger partial charge is 0.478 e. The molecule has 0 unspecified atom stereocenters. The van der Waals surface area contributed by atoms with E-state index in [1.807, 2.05) is 6.07 Å². The van der Waals surface area contributed by atoms with Crippen LogP contribution >= 0.6 is 23.2 Å². The standard InChI is InChI=1S/C9H10ClN3O.C6HClN4.C4H10O/c1-2-3-4-14-8-5-7(6-11)12-9(10)13-8;7-6-10-4(2-8)1-5(3-9)11-6;1-2-3-4-5/h5H,2-4H2,1H3;1H;5H,2-4H2,1H3. The molecule has 2 aromatic heterocycles. The molecule has 0 aliphatic carbocycles. The lowest BCUT2D eigenvalue weighted by Crippen LogP contribution is -2.00. The van der Waals surface area contributed by atoms with Crippen molar-refractivity contribution in [1.82, 2.24) is 19.9 Å². The number of nitrogens with zero attached hydrogens (tertiary/aromatic N) is 7. The fraction of sp³-hybridized carbons (Fsp3) is 0.421. The molecule has 0 saturated heterocycles. The average Bonchev–Trinajstić information content (AvgIpc) is 2.74. The Balaban J connectivity index is 0.000000468. The molecule has 2 aromatic rings. The fourth-order valence-electron chi connectivity index (χ4n) is 1.54. The Morgan fingerprint density at radius 3 is 1.70 bits per heavy atom. The Morgan fingerprint density at radius 2 is 1.30 bits per heavy atom. The van der Waals surface area contributed by atoms with Crippen LogP contribution in [-0.2, 0) is 0 Å². The first kappa shape index (κ1) is 27.0. The summed E-state index contributed by atoms with van der Waals surface area (Å²) in [5.74, 6) is 0.356. The number of rotatable bonds is 6. The number of aromatic nitrogens is 4. The van der Waals surface area contributed by atoms with Crippen molar-refractivity contribution in [1.29, 1.82) is 15.8 Å². The third-order valence-electron chi connectivity index (χ3n) is 2.98. The molecule has 0 fully saturated rings. The number of nitriles is 3. The monoisotopic (exact) mass is 449 g/mol. The third kappa shape index (κ3) is 12.4. The van der Waals surface area contributed by atoms with Crippen molar-refractivity contribution in [2.45, 2.75) is 39.5 Å². The van der Waals surface area contributed by atoms with Gasteiger partial charge in [-0.2, -0.15) is 20.8 Å². The van der Waals surface area contributed by atoms with E-state index in [9.17, 15) is 0 Å². The highest BCUT2D eigenvalue weighted by Crippen LogP contribution is 2.12. The van der Waals surface area contributed by atoms with Crippen LogP contribution in [0.5, 0.6) is 5.88 Å². The Kier molecular flexibility index (Phi) is 15.2. The van der Waals surface area contributed by atoms with Crippen LogP contribution in [0.3, 0.4) is 0 Å². The summed E-state index contributed by atoms with van der Waals surface area (Å²) in [6, 6.07) is 8.14. The second kappa shape index (κ2) is 16.9. The number of ether oxygens (including phenoxy) is 1. The van der Waals surface area contributed by atoms with E-state index in [0.29, 0.717) is 19.1 Å². The first-order valence-corrected chi connectivity index (χ1v) is 9.72. The number of aliphatic hydroxyl groups is 1. The second-order valence-corrected chi connectivity index (χ2v) is 6.06. The highest BCUT2D eigenvalue weighted by atomic mass is 35.5. The minimum absolute atomic E-state index is 0.0375. The molecule has 30 heavy (non-hydrogen) atoms. The smallest absolute Gasteiger partial charge is 0.226 e. The van der Waals surface area contributed by atoms with E-state index in [1.54, 1.807) is 12.1 Å². The Morgan fingerprint density at radius 1 is 0.833 bits per heavy atom. The molecule has 2 rings (SSSR count). The van der Waals surface area contributed by atoms with Crippen molar-refractivity contribution in [3.8, 4) is 24.1 Å². The van der Waals surface area contributed by atoms with Gasteiger partial charge in [-0.05, 0) is 36.0 Å². The van der Waals surface area contributed by atoms with Crippen LogP contribution in [0.2, 0.25) is 10.6 Å². The number of aliphatic hydroxyl groups excluding tert-OH is 1. The van der Waals surface area contributed by atoms with Gasteiger partial charge in [0.2, 0.25) is 16.4 Å². The van der Waals surface area contributed by atoms with Crippen LogP contribution in [-0.4, -0.2) is 38.3 Å². The Labute approximate surface area is 185 Å². The van der Waals surface area contributed by atoms with Gasteiger partial charge in [-0.1, -0.05) is 26.7 Å². The molecule has 11 heteroatoms.